The molecule has 0 spiro atoms. The zero-order chi connectivity index (χ0) is 48.2. The molecule has 0 radical (unpaired) electrons. The van der Waals surface area contributed by atoms with Crippen LogP contribution in [0, 0.1) is 0 Å². The van der Waals surface area contributed by atoms with Crippen LogP contribution in [-0.2, 0) is 38.0 Å². The molecule has 7 N–H and O–H groups in total. The number of carbonyl (C=O) groups is 2. The van der Waals surface area contributed by atoms with E-state index in [1.807, 2.05) is 0 Å². The van der Waals surface area contributed by atoms with Gasteiger partial charge in [-0.3, -0.25) is 9.59 Å². The Labute approximate surface area is 395 Å². The molecule has 2 aliphatic rings. The van der Waals surface area contributed by atoms with E-state index in [-0.39, 0.29) is 19.4 Å². The number of ether oxygens (including phenoxy) is 6. The minimum absolute atomic E-state index is 0.144. The number of hydrogen-bond donors (Lipinski definition) is 7. The van der Waals surface area contributed by atoms with E-state index in [1.54, 1.807) is 0 Å². The monoisotopic (exact) mass is 941 g/mol. The first-order valence-corrected chi connectivity index (χ1v) is 25.2. The average Bonchev–Trinajstić information content (AvgIpc) is 3.31. The summed E-state index contributed by atoms with van der Waals surface area (Å²) in [5.41, 5.74) is 0. The van der Waals surface area contributed by atoms with Crippen LogP contribution in [0.3, 0.4) is 0 Å². The second-order valence-corrected chi connectivity index (χ2v) is 17.7. The van der Waals surface area contributed by atoms with Crippen molar-refractivity contribution in [3.8, 4) is 0 Å². The first kappa shape index (κ1) is 59.6. The molecular formula is C51H88O15. The number of carbonyl (C=O) groups excluding carboxylic acids is 2. The summed E-state index contributed by atoms with van der Waals surface area (Å²) < 4.78 is 33.5. The van der Waals surface area contributed by atoms with Crippen LogP contribution in [-0.4, -0.2) is 142 Å². The van der Waals surface area contributed by atoms with E-state index in [2.05, 4.69) is 62.5 Å². The molecule has 0 saturated carbocycles. The maximum absolute atomic E-state index is 13.0. The quantitative estimate of drug-likeness (QED) is 0.0148. The molecule has 0 aromatic carbocycles. The van der Waals surface area contributed by atoms with E-state index in [1.165, 1.54) is 44.9 Å². The van der Waals surface area contributed by atoms with Crippen molar-refractivity contribution in [1.82, 2.24) is 0 Å². The van der Waals surface area contributed by atoms with Crippen LogP contribution in [0.25, 0.3) is 0 Å². The van der Waals surface area contributed by atoms with Gasteiger partial charge in [0.25, 0.3) is 0 Å². The van der Waals surface area contributed by atoms with Crippen molar-refractivity contribution in [3.63, 3.8) is 0 Å². The van der Waals surface area contributed by atoms with Gasteiger partial charge in [0, 0.05) is 12.8 Å². The molecule has 66 heavy (non-hydrogen) atoms. The third-order valence-corrected chi connectivity index (χ3v) is 11.8. The van der Waals surface area contributed by atoms with Gasteiger partial charge >= 0.3 is 11.9 Å². The van der Waals surface area contributed by atoms with Gasteiger partial charge in [-0.25, -0.2) is 0 Å². The molecule has 0 aromatic rings. The van der Waals surface area contributed by atoms with E-state index in [4.69, 9.17) is 28.4 Å². The SMILES string of the molecule is CCCCC/C=C/C/C=C/CCCCCCCC(=O)O[C@H](COC(=O)CCCCCCC/C=C/C=C/CCCCCC)CO[C@@H]1O[C@H](CO[C@@H]2O[C@H](CO)[C@H](O)C(O)C2O)[C@H](O)C(O)C1O. The number of rotatable bonds is 38. The molecule has 0 amide bonds. The van der Waals surface area contributed by atoms with E-state index in [9.17, 15) is 45.3 Å². The molecule has 2 rings (SSSR count). The van der Waals surface area contributed by atoms with E-state index >= 15 is 0 Å². The first-order valence-electron chi connectivity index (χ1n) is 25.2. The van der Waals surface area contributed by atoms with Gasteiger partial charge < -0.3 is 64.2 Å². The summed E-state index contributed by atoms with van der Waals surface area (Å²) >= 11 is 0. The van der Waals surface area contributed by atoms with Gasteiger partial charge in [-0.15, -0.1) is 0 Å². The number of allylic oxidation sites excluding steroid dienone is 8. The van der Waals surface area contributed by atoms with Crippen LogP contribution in [0.15, 0.2) is 48.6 Å². The summed E-state index contributed by atoms with van der Waals surface area (Å²) in [7, 11) is 0. The summed E-state index contributed by atoms with van der Waals surface area (Å²) in [5.74, 6) is -0.961. The molecule has 2 aliphatic heterocycles. The van der Waals surface area contributed by atoms with Crippen LogP contribution < -0.4 is 0 Å². The smallest absolute Gasteiger partial charge is 0.306 e. The lowest BCUT2D eigenvalue weighted by atomic mass is 9.98. The third kappa shape index (κ3) is 26.3. The van der Waals surface area contributed by atoms with Crippen molar-refractivity contribution in [2.24, 2.45) is 0 Å². The minimum atomic E-state index is -1.77. The number of aliphatic hydroxyl groups is 7. The Morgan fingerprint density at radius 3 is 1.53 bits per heavy atom. The molecule has 4 unspecified atom stereocenters. The van der Waals surface area contributed by atoms with Gasteiger partial charge in [0.1, 0.15) is 55.4 Å². The van der Waals surface area contributed by atoms with Crippen molar-refractivity contribution in [3.05, 3.63) is 48.6 Å². The molecule has 0 aliphatic carbocycles. The predicted molar refractivity (Wildman–Crippen MR) is 252 cm³/mol. The van der Waals surface area contributed by atoms with Gasteiger partial charge in [-0.05, 0) is 70.6 Å². The highest BCUT2D eigenvalue weighted by atomic mass is 16.7. The van der Waals surface area contributed by atoms with Gasteiger partial charge in [0.05, 0.1) is 19.8 Å². The highest BCUT2D eigenvalue weighted by molar-refractivity contribution is 5.70. The van der Waals surface area contributed by atoms with Gasteiger partial charge in [0.2, 0.25) is 0 Å². The molecule has 382 valence electrons. The Morgan fingerprint density at radius 2 is 0.955 bits per heavy atom. The Morgan fingerprint density at radius 1 is 0.500 bits per heavy atom. The molecule has 2 fully saturated rings. The zero-order valence-corrected chi connectivity index (χ0v) is 40.2. The number of esters is 2. The normalized spacial score (nSPS) is 26.6. The maximum atomic E-state index is 13.0. The third-order valence-electron chi connectivity index (χ3n) is 11.8. The Balaban J connectivity index is 1.84. The first-order chi connectivity index (χ1) is 32.0. The Hall–Kier alpha value is -2.54. The van der Waals surface area contributed by atoms with Crippen molar-refractivity contribution in [2.75, 3.05) is 26.4 Å². The lowest BCUT2D eigenvalue weighted by Gasteiger charge is -2.42. The molecule has 0 bridgehead atoms. The van der Waals surface area contributed by atoms with Crippen molar-refractivity contribution >= 4 is 11.9 Å². The molecule has 2 saturated heterocycles. The van der Waals surface area contributed by atoms with Gasteiger partial charge in [0.15, 0.2) is 18.7 Å². The largest absolute Gasteiger partial charge is 0.462 e. The van der Waals surface area contributed by atoms with Crippen LogP contribution in [0.1, 0.15) is 168 Å². The van der Waals surface area contributed by atoms with Crippen molar-refractivity contribution in [1.29, 1.82) is 0 Å². The van der Waals surface area contributed by atoms with Crippen LogP contribution in [0.5, 0.6) is 0 Å². The van der Waals surface area contributed by atoms with Crippen LogP contribution >= 0.6 is 0 Å². The molecule has 15 nitrogen and oxygen atoms in total. The second-order valence-electron chi connectivity index (χ2n) is 17.7. The zero-order valence-electron chi connectivity index (χ0n) is 40.2. The summed E-state index contributed by atoms with van der Waals surface area (Å²) in [5, 5.41) is 72.0. The van der Waals surface area contributed by atoms with Gasteiger partial charge in [-0.1, -0.05) is 133 Å². The molecule has 2 heterocycles. The summed E-state index contributed by atoms with van der Waals surface area (Å²) in [6, 6.07) is 0. The molecular weight excluding hydrogens is 853 g/mol. The molecule has 11 atom stereocenters. The molecule has 15 heteroatoms. The topological polar surface area (TPSA) is 231 Å². The maximum Gasteiger partial charge on any atom is 0.306 e. The number of hydrogen-bond acceptors (Lipinski definition) is 15. The molecule has 0 aromatic heterocycles. The lowest BCUT2D eigenvalue weighted by Crippen LogP contribution is -2.61. The Bertz CT molecular complexity index is 1340. The lowest BCUT2D eigenvalue weighted by molar-refractivity contribution is -0.332. The van der Waals surface area contributed by atoms with Crippen LogP contribution in [0.2, 0.25) is 0 Å². The average molecular weight is 941 g/mol. The van der Waals surface area contributed by atoms with Crippen molar-refractivity contribution in [2.45, 2.75) is 235 Å². The minimum Gasteiger partial charge on any atom is -0.462 e. The van der Waals surface area contributed by atoms with Crippen molar-refractivity contribution < 1.29 is 73.8 Å². The highest BCUT2D eigenvalue weighted by Crippen LogP contribution is 2.26. The standard InChI is InChI=1S/C51H88O15/c1-3-5-7-9-11-13-15-17-19-21-23-25-27-29-31-33-42(53)61-36-39(64-43(54)34-32-30-28-26-24-22-20-18-16-14-12-10-8-6-4-2)37-62-50-49(60)47(58)45(56)41(66-50)38-63-51-48(59)46(57)44(55)40(35-52)65-51/h12-15,17-20,39-41,44-52,55-60H,3-11,16,21-38H2,1-2H3/b14-12+,15-13+,19-17+,20-18+/t39-,40-,41-,44+,45+,46?,47?,48?,49?,50-,51-/m1/s1. The Kier molecular flexibility index (Phi) is 34.6. The fraction of sp³-hybridized carbons (Fsp3) is 0.804. The summed E-state index contributed by atoms with van der Waals surface area (Å²) in [6.07, 6.45) is 24.2. The number of unbranched alkanes of at least 4 members (excludes halogenated alkanes) is 17. The fourth-order valence-electron chi connectivity index (χ4n) is 7.59. The number of aliphatic hydroxyl groups excluding tert-OH is 7. The van der Waals surface area contributed by atoms with E-state index in [0.717, 1.165) is 83.5 Å². The fourth-order valence-corrected chi connectivity index (χ4v) is 7.59. The summed E-state index contributed by atoms with van der Waals surface area (Å²) in [6.45, 7) is 2.50. The van der Waals surface area contributed by atoms with E-state index < -0.39 is 99.3 Å². The second kappa shape index (κ2) is 38.3. The highest BCUT2D eigenvalue weighted by Gasteiger charge is 2.47. The van der Waals surface area contributed by atoms with Gasteiger partial charge in [-0.2, -0.15) is 0 Å². The van der Waals surface area contributed by atoms with E-state index in [0.29, 0.717) is 12.8 Å². The predicted octanol–water partition coefficient (Wildman–Crippen LogP) is 6.71. The van der Waals surface area contributed by atoms with Crippen LogP contribution in [0.4, 0.5) is 0 Å². The summed E-state index contributed by atoms with van der Waals surface area (Å²) in [4.78, 5) is 25.7.